The maximum atomic E-state index is 6.70. The first-order chi connectivity index (χ1) is 18.5. The molecule has 1 fully saturated rings. The number of halogens is 3. The molecule has 0 radical (unpaired) electrons. The molecule has 0 spiro atoms. The standard InChI is InChI=1S/C30H33Cl3N4O/c1-38-29-8-3-7-27(33)30(29)23-20-37(12-4-11-34)28-10-9-21(17-22(23)28)18-35-13-15-36(16-14-35)19-24-25(31)5-2-6-26(24)32/h2-3,5-10,17,20H,4,11-16,18-19,34H2,1H3. The molecule has 5 nitrogen and oxygen atoms in total. The smallest absolute Gasteiger partial charge is 0.128 e. The normalized spacial score (nSPS) is 14.9. The lowest BCUT2D eigenvalue weighted by Gasteiger charge is -2.35. The number of hydrogen-bond donors (Lipinski definition) is 1. The zero-order valence-corrected chi connectivity index (χ0v) is 23.9. The highest BCUT2D eigenvalue weighted by Crippen LogP contribution is 2.41. The lowest BCUT2D eigenvalue weighted by Crippen LogP contribution is -2.45. The summed E-state index contributed by atoms with van der Waals surface area (Å²) in [7, 11) is 1.69. The monoisotopic (exact) mass is 570 g/mol. The number of fused-ring (bicyclic) bond motifs is 1. The molecule has 5 rings (SSSR count). The van der Waals surface area contributed by atoms with Crippen LogP contribution in [0.4, 0.5) is 0 Å². The van der Waals surface area contributed by atoms with Crippen molar-refractivity contribution < 1.29 is 4.74 Å². The average molecular weight is 572 g/mol. The van der Waals surface area contributed by atoms with E-state index >= 15 is 0 Å². The second kappa shape index (κ2) is 12.3. The highest BCUT2D eigenvalue weighted by molar-refractivity contribution is 6.36. The lowest BCUT2D eigenvalue weighted by atomic mass is 10.0. The Morgan fingerprint density at radius 3 is 2.18 bits per heavy atom. The van der Waals surface area contributed by atoms with E-state index in [0.29, 0.717) is 11.6 Å². The van der Waals surface area contributed by atoms with E-state index in [1.807, 2.05) is 36.4 Å². The minimum atomic E-state index is 0.650. The summed E-state index contributed by atoms with van der Waals surface area (Å²) in [6.45, 7) is 7.10. The molecule has 1 aromatic heterocycles. The first-order valence-corrected chi connectivity index (χ1v) is 14.1. The Bertz CT molecular complexity index is 1390. The molecular weight excluding hydrogens is 539 g/mol. The minimum Gasteiger partial charge on any atom is -0.496 e. The van der Waals surface area contributed by atoms with Crippen molar-refractivity contribution in [2.45, 2.75) is 26.1 Å². The van der Waals surface area contributed by atoms with E-state index < -0.39 is 0 Å². The Kier molecular flexibility index (Phi) is 8.84. The number of ether oxygens (including phenoxy) is 1. The molecule has 0 atom stereocenters. The first-order valence-electron chi connectivity index (χ1n) is 13.0. The van der Waals surface area contributed by atoms with Crippen LogP contribution in [0.15, 0.2) is 60.8 Å². The molecule has 0 saturated carbocycles. The zero-order chi connectivity index (χ0) is 26.6. The topological polar surface area (TPSA) is 46.7 Å². The molecule has 0 unspecified atom stereocenters. The van der Waals surface area contributed by atoms with Crippen molar-refractivity contribution in [2.24, 2.45) is 5.73 Å². The van der Waals surface area contributed by atoms with Gasteiger partial charge >= 0.3 is 0 Å². The van der Waals surface area contributed by atoms with Gasteiger partial charge < -0.3 is 15.0 Å². The van der Waals surface area contributed by atoms with Gasteiger partial charge in [-0.3, -0.25) is 9.80 Å². The van der Waals surface area contributed by atoms with Gasteiger partial charge in [0.1, 0.15) is 5.75 Å². The molecule has 1 saturated heterocycles. The molecule has 200 valence electrons. The fourth-order valence-corrected chi connectivity index (χ4v) is 6.08. The molecule has 2 N–H and O–H groups in total. The van der Waals surface area contributed by atoms with Crippen LogP contribution in [0.1, 0.15) is 17.5 Å². The third kappa shape index (κ3) is 5.84. The van der Waals surface area contributed by atoms with Crippen LogP contribution in [0.5, 0.6) is 5.75 Å². The van der Waals surface area contributed by atoms with E-state index in [2.05, 4.69) is 38.8 Å². The number of benzene rings is 3. The Morgan fingerprint density at radius 2 is 1.50 bits per heavy atom. The average Bonchev–Trinajstić information content (AvgIpc) is 3.27. The Labute approximate surface area is 239 Å². The Morgan fingerprint density at radius 1 is 0.842 bits per heavy atom. The summed E-state index contributed by atoms with van der Waals surface area (Å²) in [5.74, 6) is 0.774. The van der Waals surface area contributed by atoms with Crippen LogP contribution in [0, 0.1) is 0 Å². The van der Waals surface area contributed by atoms with Gasteiger partial charge in [0.15, 0.2) is 0 Å². The highest BCUT2D eigenvalue weighted by atomic mass is 35.5. The van der Waals surface area contributed by atoms with Crippen LogP contribution in [0.3, 0.4) is 0 Å². The van der Waals surface area contributed by atoms with Gasteiger partial charge in [-0.1, -0.05) is 53.0 Å². The molecule has 8 heteroatoms. The molecule has 3 aromatic carbocycles. The number of aryl methyl sites for hydroxylation is 1. The molecule has 1 aliphatic heterocycles. The van der Waals surface area contributed by atoms with Crippen LogP contribution in [0.25, 0.3) is 22.0 Å². The van der Waals surface area contributed by atoms with Crippen molar-refractivity contribution >= 4 is 45.7 Å². The van der Waals surface area contributed by atoms with Crippen molar-refractivity contribution in [1.82, 2.24) is 14.4 Å². The third-order valence-corrected chi connectivity index (χ3v) is 8.35. The number of aromatic nitrogens is 1. The lowest BCUT2D eigenvalue weighted by molar-refractivity contribution is 0.122. The fourth-order valence-electron chi connectivity index (χ4n) is 5.30. The van der Waals surface area contributed by atoms with Crippen molar-refractivity contribution in [3.63, 3.8) is 0 Å². The quantitative estimate of drug-likeness (QED) is 0.236. The second-order valence-corrected chi connectivity index (χ2v) is 11.0. The van der Waals surface area contributed by atoms with Gasteiger partial charge in [-0.05, 0) is 54.9 Å². The molecule has 38 heavy (non-hydrogen) atoms. The number of nitrogens with two attached hydrogens (primary N) is 1. The summed E-state index contributed by atoms with van der Waals surface area (Å²) in [6, 6.07) is 18.3. The maximum absolute atomic E-state index is 6.70. The van der Waals surface area contributed by atoms with Gasteiger partial charge in [-0.25, -0.2) is 0 Å². The molecule has 0 bridgehead atoms. The summed E-state index contributed by atoms with van der Waals surface area (Å²) in [5, 5.41) is 3.33. The van der Waals surface area contributed by atoms with E-state index in [9.17, 15) is 0 Å². The maximum Gasteiger partial charge on any atom is 0.128 e. The van der Waals surface area contributed by atoms with Gasteiger partial charge in [0.2, 0.25) is 0 Å². The molecule has 4 aromatic rings. The summed E-state index contributed by atoms with van der Waals surface area (Å²) < 4.78 is 7.98. The fraction of sp³-hybridized carbons (Fsp3) is 0.333. The van der Waals surface area contributed by atoms with Gasteiger partial charge in [-0.2, -0.15) is 0 Å². The SMILES string of the molecule is COc1cccc(Cl)c1-c1cn(CCCN)c2ccc(CN3CCN(Cc4c(Cl)cccc4Cl)CC3)cc12. The van der Waals surface area contributed by atoms with E-state index in [4.69, 9.17) is 45.3 Å². The molecular formula is C30H33Cl3N4O. The third-order valence-electron chi connectivity index (χ3n) is 7.33. The van der Waals surface area contributed by atoms with E-state index in [-0.39, 0.29) is 0 Å². The number of methoxy groups -OCH3 is 1. The number of piperazine rings is 1. The summed E-state index contributed by atoms with van der Waals surface area (Å²) >= 11 is 19.5. The molecule has 2 heterocycles. The number of rotatable bonds is 9. The van der Waals surface area contributed by atoms with Gasteiger partial charge in [0.05, 0.1) is 12.1 Å². The van der Waals surface area contributed by atoms with Crippen LogP contribution >= 0.6 is 34.8 Å². The van der Waals surface area contributed by atoms with E-state index in [1.54, 1.807) is 7.11 Å². The first kappa shape index (κ1) is 27.3. The van der Waals surface area contributed by atoms with Crippen molar-refractivity contribution in [3.8, 4) is 16.9 Å². The minimum absolute atomic E-state index is 0.650. The van der Waals surface area contributed by atoms with Crippen molar-refractivity contribution in [2.75, 3.05) is 39.8 Å². The molecule has 1 aliphatic rings. The van der Waals surface area contributed by atoms with Crippen LogP contribution in [-0.2, 0) is 19.6 Å². The van der Waals surface area contributed by atoms with Gasteiger partial charge in [0.25, 0.3) is 0 Å². The zero-order valence-electron chi connectivity index (χ0n) is 21.6. The molecule has 0 amide bonds. The number of hydrogen-bond acceptors (Lipinski definition) is 4. The van der Waals surface area contributed by atoms with Crippen LogP contribution in [-0.4, -0.2) is 54.2 Å². The summed E-state index contributed by atoms with van der Waals surface area (Å²) in [5.41, 5.74) is 11.3. The highest BCUT2D eigenvalue weighted by Gasteiger charge is 2.21. The second-order valence-electron chi connectivity index (χ2n) is 9.80. The van der Waals surface area contributed by atoms with Gasteiger partial charge in [-0.15, -0.1) is 0 Å². The van der Waals surface area contributed by atoms with E-state index in [1.165, 1.54) is 16.5 Å². The van der Waals surface area contributed by atoms with Crippen molar-refractivity contribution in [3.05, 3.63) is 87.0 Å². The Balaban J connectivity index is 1.36. The van der Waals surface area contributed by atoms with Gasteiger partial charge in [0, 0.05) is 89.6 Å². The number of nitrogens with zero attached hydrogens (tertiary/aromatic N) is 3. The van der Waals surface area contributed by atoms with Crippen molar-refractivity contribution in [1.29, 1.82) is 0 Å². The molecule has 0 aliphatic carbocycles. The summed E-state index contributed by atoms with van der Waals surface area (Å²) in [6.07, 6.45) is 3.10. The predicted molar refractivity (Wildman–Crippen MR) is 160 cm³/mol. The Hall–Kier alpha value is -2.25. The van der Waals surface area contributed by atoms with Crippen LogP contribution < -0.4 is 10.5 Å². The predicted octanol–water partition coefficient (Wildman–Crippen LogP) is 6.94. The van der Waals surface area contributed by atoms with Crippen LogP contribution in [0.2, 0.25) is 15.1 Å². The largest absolute Gasteiger partial charge is 0.496 e. The van der Waals surface area contributed by atoms with E-state index in [0.717, 1.165) is 84.7 Å². The summed E-state index contributed by atoms with van der Waals surface area (Å²) in [4.78, 5) is 4.93.